The molecule has 0 radical (unpaired) electrons. The SMILES string of the molecule is CC1CC(CN2CCC(=O)CC2)C1. The van der Waals surface area contributed by atoms with Gasteiger partial charge < -0.3 is 4.90 Å². The first-order chi connectivity index (χ1) is 6.24. The monoisotopic (exact) mass is 181 g/mol. The lowest BCUT2D eigenvalue weighted by atomic mass is 9.76. The molecule has 2 nitrogen and oxygen atoms in total. The van der Waals surface area contributed by atoms with Crippen molar-refractivity contribution in [2.45, 2.75) is 32.6 Å². The van der Waals surface area contributed by atoms with Crippen LogP contribution in [0, 0.1) is 11.8 Å². The zero-order valence-electron chi connectivity index (χ0n) is 8.46. The molecule has 0 N–H and O–H groups in total. The fourth-order valence-electron chi connectivity index (χ4n) is 2.57. The van der Waals surface area contributed by atoms with Gasteiger partial charge in [0.15, 0.2) is 0 Å². The molecule has 2 rings (SSSR count). The number of hydrogen-bond acceptors (Lipinski definition) is 2. The normalized spacial score (nSPS) is 35.9. The Morgan fingerprint density at radius 1 is 1.31 bits per heavy atom. The van der Waals surface area contributed by atoms with Crippen molar-refractivity contribution < 1.29 is 4.79 Å². The van der Waals surface area contributed by atoms with Crippen molar-refractivity contribution in [1.29, 1.82) is 0 Å². The zero-order chi connectivity index (χ0) is 9.26. The molecular formula is C11H19NO. The van der Waals surface area contributed by atoms with E-state index >= 15 is 0 Å². The van der Waals surface area contributed by atoms with E-state index in [0.717, 1.165) is 37.8 Å². The topological polar surface area (TPSA) is 20.3 Å². The van der Waals surface area contributed by atoms with Gasteiger partial charge in [0, 0.05) is 32.5 Å². The van der Waals surface area contributed by atoms with Crippen LogP contribution in [-0.4, -0.2) is 30.3 Å². The number of likely N-dealkylation sites (tertiary alicyclic amines) is 1. The van der Waals surface area contributed by atoms with E-state index in [2.05, 4.69) is 11.8 Å². The Labute approximate surface area is 80.3 Å². The fraction of sp³-hybridized carbons (Fsp3) is 0.909. The molecule has 0 aromatic carbocycles. The van der Waals surface area contributed by atoms with E-state index < -0.39 is 0 Å². The number of carbonyl (C=O) groups is 1. The molecule has 13 heavy (non-hydrogen) atoms. The molecule has 0 spiro atoms. The van der Waals surface area contributed by atoms with E-state index in [1.807, 2.05) is 0 Å². The summed E-state index contributed by atoms with van der Waals surface area (Å²) in [6, 6.07) is 0. The lowest BCUT2D eigenvalue weighted by Crippen LogP contribution is -2.40. The minimum atomic E-state index is 0.457. The van der Waals surface area contributed by atoms with Gasteiger partial charge in [-0.3, -0.25) is 4.79 Å². The molecule has 0 atom stereocenters. The summed E-state index contributed by atoms with van der Waals surface area (Å²) in [7, 11) is 0. The predicted octanol–water partition coefficient (Wildman–Crippen LogP) is 1.70. The molecule has 1 heterocycles. The number of nitrogens with zero attached hydrogens (tertiary/aromatic N) is 1. The fourth-order valence-corrected chi connectivity index (χ4v) is 2.57. The van der Waals surface area contributed by atoms with Gasteiger partial charge in [0.1, 0.15) is 5.78 Å². The second-order valence-corrected chi connectivity index (χ2v) is 4.78. The van der Waals surface area contributed by atoms with Gasteiger partial charge in [-0.15, -0.1) is 0 Å². The van der Waals surface area contributed by atoms with E-state index in [4.69, 9.17) is 0 Å². The van der Waals surface area contributed by atoms with Gasteiger partial charge in [0.25, 0.3) is 0 Å². The van der Waals surface area contributed by atoms with E-state index in [1.165, 1.54) is 19.4 Å². The van der Waals surface area contributed by atoms with Crippen molar-refractivity contribution in [1.82, 2.24) is 4.90 Å². The highest BCUT2D eigenvalue weighted by atomic mass is 16.1. The molecule has 0 amide bonds. The van der Waals surface area contributed by atoms with Crippen LogP contribution in [0.25, 0.3) is 0 Å². The first-order valence-electron chi connectivity index (χ1n) is 5.48. The molecule has 0 unspecified atom stereocenters. The first-order valence-corrected chi connectivity index (χ1v) is 5.48. The number of Topliss-reactive ketones (excluding diaryl/α,β-unsaturated/α-hetero) is 1. The average Bonchev–Trinajstić information content (AvgIpc) is 2.06. The number of ketones is 1. The first kappa shape index (κ1) is 9.20. The Bertz CT molecular complexity index is 186. The maximum Gasteiger partial charge on any atom is 0.135 e. The van der Waals surface area contributed by atoms with Crippen LogP contribution in [0.2, 0.25) is 0 Å². The van der Waals surface area contributed by atoms with Crippen molar-refractivity contribution >= 4 is 5.78 Å². The van der Waals surface area contributed by atoms with Crippen LogP contribution in [0.1, 0.15) is 32.6 Å². The summed E-state index contributed by atoms with van der Waals surface area (Å²) in [5.74, 6) is 2.35. The minimum absolute atomic E-state index is 0.457. The Morgan fingerprint density at radius 2 is 1.92 bits per heavy atom. The van der Waals surface area contributed by atoms with Crippen LogP contribution >= 0.6 is 0 Å². The summed E-state index contributed by atoms with van der Waals surface area (Å²) >= 11 is 0. The molecular weight excluding hydrogens is 162 g/mol. The van der Waals surface area contributed by atoms with Crippen molar-refractivity contribution in [3.63, 3.8) is 0 Å². The molecule has 1 saturated heterocycles. The molecule has 0 aromatic heterocycles. The van der Waals surface area contributed by atoms with Crippen molar-refractivity contribution in [2.24, 2.45) is 11.8 Å². The molecule has 0 bridgehead atoms. The molecule has 1 saturated carbocycles. The Hall–Kier alpha value is -0.370. The lowest BCUT2D eigenvalue weighted by molar-refractivity contribution is -0.121. The Balaban J connectivity index is 1.68. The van der Waals surface area contributed by atoms with E-state index in [-0.39, 0.29) is 0 Å². The summed E-state index contributed by atoms with van der Waals surface area (Å²) in [4.78, 5) is 13.5. The summed E-state index contributed by atoms with van der Waals surface area (Å²) in [5, 5.41) is 0. The van der Waals surface area contributed by atoms with Crippen molar-refractivity contribution in [3.05, 3.63) is 0 Å². The van der Waals surface area contributed by atoms with Gasteiger partial charge in [-0.05, 0) is 24.7 Å². The molecule has 0 aromatic rings. The number of piperidine rings is 1. The van der Waals surface area contributed by atoms with Gasteiger partial charge in [0.2, 0.25) is 0 Å². The predicted molar refractivity (Wildman–Crippen MR) is 52.6 cm³/mol. The van der Waals surface area contributed by atoms with Crippen LogP contribution in [0.15, 0.2) is 0 Å². The van der Waals surface area contributed by atoms with E-state index in [9.17, 15) is 4.79 Å². The zero-order valence-corrected chi connectivity index (χ0v) is 8.46. The lowest BCUT2D eigenvalue weighted by Gasteiger charge is -2.37. The summed E-state index contributed by atoms with van der Waals surface area (Å²) in [5.41, 5.74) is 0. The third kappa shape index (κ3) is 2.31. The Morgan fingerprint density at radius 3 is 2.46 bits per heavy atom. The molecule has 2 aliphatic rings. The summed E-state index contributed by atoms with van der Waals surface area (Å²) < 4.78 is 0. The van der Waals surface area contributed by atoms with Crippen LogP contribution in [0.4, 0.5) is 0 Å². The van der Waals surface area contributed by atoms with Crippen molar-refractivity contribution in [2.75, 3.05) is 19.6 Å². The molecule has 1 aliphatic carbocycles. The van der Waals surface area contributed by atoms with Crippen LogP contribution < -0.4 is 0 Å². The molecule has 2 fully saturated rings. The van der Waals surface area contributed by atoms with Gasteiger partial charge in [-0.1, -0.05) is 6.92 Å². The van der Waals surface area contributed by atoms with E-state index in [1.54, 1.807) is 0 Å². The van der Waals surface area contributed by atoms with Gasteiger partial charge >= 0.3 is 0 Å². The number of carbonyl (C=O) groups excluding carboxylic acids is 1. The van der Waals surface area contributed by atoms with Gasteiger partial charge in [-0.2, -0.15) is 0 Å². The van der Waals surface area contributed by atoms with Crippen LogP contribution in [0.3, 0.4) is 0 Å². The highest BCUT2D eigenvalue weighted by Crippen LogP contribution is 2.33. The smallest absolute Gasteiger partial charge is 0.135 e. The van der Waals surface area contributed by atoms with E-state index in [0.29, 0.717) is 5.78 Å². The highest BCUT2D eigenvalue weighted by molar-refractivity contribution is 5.79. The van der Waals surface area contributed by atoms with Crippen molar-refractivity contribution in [3.8, 4) is 0 Å². The molecule has 74 valence electrons. The minimum Gasteiger partial charge on any atom is -0.302 e. The summed E-state index contributed by atoms with van der Waals surface area (Å²) in [6.07, 6.45) is 4.40. The quantitative estimate of drug-likeness (QED) is 0.646. The largest absolute Gasteiger partial charge is 0.302 e. The maximum absolute atomic E-state index is 11.0. The van der Waals surface area contributed by atoms with Gasteiger partial charge in [0.05, 0.1) is 0 Å². The van der Waals surface area contributed by atoms with Crippen LogP contribution in [-0.2, 0) is 4.79 Å². The molecule has 1 aliphatic heterocycles. The average molecular weight is 181 g/mol. The third-order valence-electron chi connectivity index (χ3n) is 3.40. The number of hydrogen-bond donors (Lipinski definition) is 0. The van der Waals surface area contributed by atoms with Crippen LogP contribution in [0.5, 0.6) is 0 Å². The number of rotatable bonds is 2. The second kappa shape index (κ2) is 3.79. The van der Waals surface area contributed by atoms with Gasteiger partial charge in [-0.25, -0.2) is 0 Å². The maximum atomic E-state index is 11.0. The third-order valence-corrected chi connectivity index (χ3v) is 3.40. The summed E-state index contributed by atoms with van der Waals surface area (Å²) in [6.45, 7) is 5.61. The molecule has 2 heteroatoms. The highest BCUT2D eigenvalue weighted by Gasteiger charge is 2.28. The standard InChI is InChI=1S/C11H19NO/c1-9-6-10(7-9)8-12-4-2-11(13)3-5-12/h9-10H,2-8H2,1H3. The second-order valence-electron chi connectivity index (χ2n) is 4.78. The Kier molecular flexibility index (Phi) is 2.68.